The number of ether oxygens (including phenoxy) is 2. The van der Waals surface area contributed by atoms with Crippen molar-refractivity contribution in [3.8, 4) is 17.2 Å². The third-order valence-corrected chi connectivity index (χ3v) is 4.58. The number of hydrogen-bond acceptors (Lipinski definition) is 3. The molecule has 0 aromatic heterocycles. The van der Waals surface area contributed by atoms with E-state index in [1.165, 1.54) is 0 Å². The maximum absolute atomic E-state index is 12.8. The van der Waals surface area contributed by atoms with Crippen molar-refractivity contribution in [1.82, 2.24) is 0 Å². The third-order valence-electron chi connectivity index (χ3n) is 4.58. The van der Waals surface area contributed by atoms with Crippen LogP contribution in [0.4, 0.5) is 5.69 Å². The summed E-state index contributed by atoms with van der Waals surface area (Å²) in [5, 5.41) is 2.93. The second-order valence-electron chi connectivity index (χ2n) is 7.36. The van der Waals surface area contributed by atoms with Crippen molar-refractivity contribution in [2.45, 2.75) is 39.7 Å². The Morgan fingerprint density at radius 2 is 1.55 bits per heavy atom. The molecule has 3 aromatic rings. The van der Waals surface area contributed by atoms with E-state index < -0.39 is 6.10 Å². The number of rotatable bonds is 7. The number of anilines is 1. The smallest absolute Gasteiger partial charge is 0.265 e. The lowest BCUT2D eigenvalue weighted by Crippen LogP contribution is -2.30. The Hall–Kier alpha value is -3.27. The second kappa shape index (κ2) is 9.28. The van der Waals surface area contributed by atoms with Crippen LogP contribution < -0.4 is 14.8 Å². The van der Waals surface area contributed by atoms with Crippen LogP contribution in [-0.4, -0.2) is 12.0 Å². The molecule has 0 saturated carbocycles. The van der Waals surface area contributed by atoms with E-state index >= 15 is 0 Å². The summed E-state index contributed by atoms with van der Waals surface area (Å²) in [5.74, 6) is 2.11. The van der Waals surface area contributed by atoms with Crippen LogP contribution in [0.15, 0.2) is 72.8 Å². The molecule has 0 radical (unpaired) electrons. The molecule has 4 heteroatoms. The summed E-state index contributed by atoms with van der Waals surface area (Å²) < 4.78 is 11.9. The van der Waals surface area contributed by atoms with Gasteiger partial charge in [0.2, 0.25) is 0 Å². The molecule has 4 nitrogen and oxygen atoms in total. The van der Waals surface area contributed by atoms with Crippen LogP contribution >= 0.6 is 0 Å². The minimum atomic E-state index is -0.654. The lowest BCUT2D eigenvalue weighted by atomic mass is 10.0. The first-order valence-corrected chi connectivity index (χ1v) is 9.84. The average molecular weight is 389 g/mol. The van der Waals surface area contributed by atoms with Crippen LogP contribution in [0.2, 0.25) is 0 Å². The van der Waals surface area contributed by atoms with Crippen LogP contribution in [-0.2, 0) is 4.79 Å². The van der Waals surface area contributed by atoms with Crippen molar-refractivity contribution < 1.29 is 14.3 Å². The van der Waals surface area contributed by atoms with Crippen molar-refractivity contribution >= 4 is 11.6 Å². The van der Waals surface area contributed by atoms with Gasteiger partial charge in [-0.15, -0.1) is 0 Å². The Morgan fingerprint density at radius 3 is 2.28 bits per heavy atom. The van der Waals surface area contributed by atoms with Crippen molar-refractivity contribution in [3.63, 3.8) is 0 Å². The minimum Gasteiger partial charge on any atom is -0.481 e. The van der Waals surface area contributed by atoms with E-state index in [1.54, 1.807) is 6.92 Å². The van der Waals surface area contributed by atoms with Crippen molar-refractivity contribution in [1.29, 1.82) is 0 Å². The number of para-hydroxylation sites is 3. The Morgan fingerprint density at radius 1 is 0.862 bits per heavy atom. The Labute approximate surface area is 172 Å². The Bertz CT molecular complexity index is 967. The highest BCUT2D eigenvalue weighted by Gasteiger charge is 2.19. The first-order chi connectivity index (χ1) is 13.9. The number of carbonyl (C=O) groups excluding carboxylic acids is 1. The topological polar surface area (TPSA) is 47.6 Å². The standard InChI is InChI=1S/C25H27NO3/c1-17(2)21-15-14-18(3)16-24(21)28-19(4)25(27)26-22-12-8-9-13-23(22)29-20-10-6-5-7-11-20/h5-17,19H,1-4H3,(H,26,27)/t19-/m0/s1. The third kappa shape index (κ3) is 5.38. The summed E-state index contributed by atoms with van der Waals surface area (Å²) in [6, 6.07) is 22.9. The average Bonchev–Trinajstić information content (AvgIpc) is 2.70. The summed E-state index contributed by atoms with van der Waals surface area (Å²) in [6.07, 6.45) is -0.654. The molecule has 150 valence electrons. The number of aryl methyl sites for hydroxylation is 1. The highest BCUT2D eigenvalue weighted by atomic mass is 16.5. The fourth-order valence-electron chi connectivity index (χ4n) is 2.97. The zero-order chi connectivity index (χ0) is 20.8. The first kappa shape index (κ1) is 20.5. The van der Waals surface area contributed by atoms with Gasteiger partial charge in [-0.3, -0.25) is 4.79 Å². The van der Waals surface area contributed by atoms with Gasteiger partial charge in [0.25, 0.3) is 5.91 Å². The number of nitrogens with one attached hydrogen (secondary N) is 1. The summed E-state index contributed by atoms with van der Waals surface area (Å²) in [5.41, 5.74) is 2.78. The quantitative estimate of drug-likeness (QED) is 0.514. The first-order valence-electron chi connectivity index (χ1n) is 9.84. The van der Waals surface area contributed by atoms with E-state index in [2.05, 4.69) is 31.3 Å². The van der Waals surface area contributed by atoms with Gasteiger partial charge < -0.3 is 14.8 Å². The minimum absolute atomic E-state index is 0.231. The summed E-state index contributed by atoms with van der Waals surface area (Å²) >= 11 is 0. The molecule has 0 saturated heterocycles. The molecule has 0 heterocycles. The fraction of sp³-hybridized carbons (Fsp3) is 0.240. The molecule has 0 unspecified atom stereocenters. The molecular formula is C25H27NO3. The number of amides is 1. The Kier molecular flexibility index (Phi) is 6.55. The number of carbonyl (C=O) groups is 1. The monoisotopic (exact) mass is 389 g/mol. The highest BCUT2D eigenvalue weighted by molar-refractivity contribution is 5.95. The largest absolute Gasteiger partial charge is 0.481 e. The molecule has 0 aliphatic heterocycles. The highest BCUT2D eigenvalue weighted by Crippen LogP contribution is 2.31. The van der Waals surface area contributed by atoms with Gasteiger partial charge >= 0.3 is 0 Å². The van der Waals surface area contributed by atoms with Gasteiger partial charge in [0.05, 0.1) is 5.69 Å². The molecule has 1 atom stereocenters. The molecule has 3 rings (SSSR count). The molecular weight excluding hydrogens is 362 g/mol. The summed E-state index contributed by atoms with van der Waals surface area (Å²) in [6.45, 7) is 7.99. The molecule has 0 aliphatic carbocycles. The van der Waals surface area contributed by atoms with Crippen LogP contribution in [0.25, 0.3) is 0 Å². The predicted octanol–water partition coefficient (Wildman–Crippen LogP) is 6.32. The van der Waals surface area contributed by atoms with Crippen LogP contribution in [0.5, 0.6) is 17.2 Å². The van der Waals surface area contributed by atoms with Gasteiger partial charge in [-0.05, 0) is 61.2 Å². The van der Waals surface area contributed by atoms with E-state index in [-0.39, 0.29) is 5.91 Å². The molecule has 3 aromatic carbocycles. The number of hydrogen-bond donors (Lipinski definition) is 1. The van der Waals surface area contributed by atoms with Gasteiger partial charge in [-0.2, -0.15) is 0 Å². The van der Waals surface area contributed by atoms with Crippen molar-refractivity contribution in [2.75, 3.05) is 5.32 Å². The molecule has 0 aliphatic rings. The van der Waals surface area contributed by atoms with E-state index in [0.29, 0.717) is 23.1 Å². The van der Waals surface area contributed by atoms with Crippen LogP contribution in [0, 0.1) is 6.92 Å². The molecule has 0 fully saturated rings. The molecule has 29 heavy (non-hydrogen) atoms. The molecule has 0 spiro atoms. The van der Waals surface area contributed by atoms with Crippen molar-refractivity contribution in [2.24, 2.45) is 0 Å². The van der Waals surface area contributed by atoms with Gasteiger partial charge in [0.1, 0.15) is 11.5 Å². The predicted molar refractivity (Wildman–Crippen MR) is 117 cm³/mol. The maximum atomic E-state index is 12.8. The number of benzene rings is 3. The van der Waals surface area contributed by atoms with E-state index in [9.17, 15) is 4.79 Å². The second-order valence-corrected chi connectivity index (χ2v) is 7.36. The summed E-state index contributed by atoms with van der Waals surface area (Å²) in [4.78, 5) is 12.8. The van der Waals surface area contributed by atoms with Gasteiger partial charge in [0, 0.05) is 0 Å². The zero-order valence-corrected chi connectivity index (χ0v) is 17.3. The van der Waals surface area contributed by atoms with Gasteiger partial charge in [-0.1, -0.05) is 56.3 Å². The lowest BCUT2D eigenvalue weighted by molar-refractivity contribution is -0.122. The Balaban J connectivity index is 1.73. The normalized spacial score (nSPS) is 11.8. The van der Waals surface area contributed by atoms with E-state index in [0.717, 1.165) is 16.9 Å². The maximum Gasteiger partial charge on any atom is 0.265 e. The van der Waals surface area contributed by atoms with Crippen LogP contribution in [0.3, 0.4) is 0 Å². The van der Waals surface area contributed by atoms with Crippen molar-refractivity contribution in [3.05, 3.63) is 83.9 Å². The SMILES string of the molecule is Cc1ccc(C(C)C)c(O[C@@H](C)C(=O)Nc2ccccc2Oc2ccccc2)c1. The van der Waals surface area contributed by atoms with Gasteiger partial charge in [0.15, 0.2) is 11.9 Å². The van der Waals surface area contributed by atoms with Crippen LogP contribution in [0.1, 0.15) is 37.8 Å². The summed E-state index contributed by atoms with van der Waals surface area (Å²) in [7, 11) is 0. The van der Waals surface area contributed by atoms with Gasteiger partial charge in [-0.25, -0.2) is 0 Å². The van der Waals surface area contributed by atoms with E-state index in [1.807, 2.05) is 67.6 Å². The zero-order valence-electron chi connectivity index (χ0n) is 17.3. The molecule has 1 amide bonds. The molecule has 1 N–H and O–H groups in total. The van der Waals surface area contributed by atoms with E-state index in [4.69, 9.17) is 9.47 Å². The lowest BCUT2D eigenvalue weighted by Gasteiger charge is -2.20. The fourth-order valence-corrected chi connectivity index (χ4v) is 2.97. The molecule has 0 bridgehead atoms.